The predicted octanol–water partition coefficient (Wildman–Crippen LogP) is 5.63. The van der Waals surface area contributed by atoms with Gasteiger partial charge >= 0.3 is 0 Å². The predicted molar refractivity (Wildman–Crippen MR) is 119 cm³/mol. The molecule has 0 saturated heterocycles. The number of fused-ring (bicyclic) bond motifs is 1. The highest BCUT2D eigenvalue weighted by Crippen LogP contribution is 2.29. The molecule has 0 fully saturated rings. The average molecular weight is 395 g/mol. The van der Waals surface area contributed by atoms with Crippen LogP contribution in [-0.2, 0) is 0 Å². The summed E-state index contributed by atoms with van der Waals surface area (Å²) in [5.74, 6) is 1.41. The molecule has 0 bridgehead atoms. The fourth-order valence-corrected chi connectivity index (χ4v) is 3.99. The third kappa shape index (κ3) is 3.41. The van der Waals surface area contributed by atoms with E-state index in [4.69, 9.17) is 0 Å². The number of benzene rings is 2. The van der Waals surface area contributed by atoms with Gasteiger partial charge in [-0.25, -0.2) is 4.98 Å². The Morgan fingerprint density at radius 2 is 1.72 bits per heavy atom. The molecule has 3 heterocycles. The molecule has 0 amide bonds. The lowest BCUT2D eigenvalue weighted by Crippen LogP contribution is -2.03. The SMILES string of the molecule is C=C(Nc1cccc(-n2nnc3ccccc32)n1)c1cc(-c2ccccc2)cs1. The molecule has 6 heteroatoms. The molecule has 5 aromatic rings. The number of para-hydroxylation sites is 1. The van der Waals surface area contributed by atoms with Gasteiger partial charge in [0.05, 0.1) is 10.4 Å². The van der Waals surface area contributed by atoms with Gasteiger partial charge in [-0.05, 0) is 46.8 Å². The summed E-state index contributed by atoms with van der Waals surface area (Å²) in [6, 6.07) is 26.1. The van der Waals surface area contributed by atoms with Gasteiger partial charge in [0.25, 0.3) is 0 Å². The molecule has 0 aliphatic carbocycles. The number of hydrogen-bond donors (Lipinski definition) is 1. The summed E-state index contributed by atoms with van der Waals surface area (Å²) in [5, 5.41) is 13.9. The Hall–Kier alpha value is -3.77. The number of anilines is 1. The number of nitrogens with zero attached hydrogens (tertiary/aromatic N) is 4. The van der Waals surface area contributed by atoms with E-state index in [1.807, 2.05) is 60.7 Å². The lowest BCUT2D eigenvalue weighted by molar-refractivity contribution is 0.802. The minimum Gasteiger partial charge on any atom is -0.339 e. The van der Waals surface area contributed by atoms with E-state index in [1.165, 1.54) is 11.1 Å². The van der Waals surface area contributed by atoms with Gasteiger partial charge in [0, 0.05) is 5.70 Å². The molecule has 29 heavy (non-hydrogen) atoms. The number of nitrogens with one attached hydrogen (secondary N) is 1. The average Bonchev–Trinajstić information content (AvgIpc) is 3.42. The molecular weight excluding hydrogens is 378 g/mol. The molecule has 2 aromatic carbocycles. The Morgan fingerprint density at radius 3 is 2.62 bits per heavy atom. The maximum Gasteiger partial charge on any atom is 0.158 e. The van der Waals surface area contributed by atoms with Crippen molar-refractivity contribution in [3.05, 3.63) is 95.7 Å². The molecule has 0 spiro atoms. The highest BCUT2D eigenvalue weighted by Gasteiger charge is 2.10. The second-order valence-electron chi connectivity index (χ2n) is 6.54. The summed E-state index contributed by atoms with van der Waals surface area (Å²) >= 11 is 1.66. The summed E-state index contributed by atoms with van der Waals surface area (Å²) in [6.45, 7) is 4.19. The fourth-order valence-electron chi connectivity index (χ4n) is 3.14. The van der Waals surface area contributed by atoms with Crippen molar-refractivity contribution in [3.8, 4) is 16.9 Å². The molecule has 3 aromatic heterocycles. The van der Waals surface area contributed by atoms with Crippen molar-refractivity contribution in [3.63, 3.8) is 0 Å². The van der Waals surface area contributed by atoms with Crippen molar-refractivity contribution in [2.24, 2.45) is 0 Å². The van der Waals surface area contributed by atoms with Crippen LogP contribution in [-0.4, -0.2) is 20.0 Å². The Bertz CT molecular complexity index is 1300. The largest absolute Gasteiger partial charge is 0.339 e. The van der Waals surface area contributed by atoms with Gasteiger partial charge < -0.3 is 5.32 Å². The van der Waals surface area contributed by atoms with Crippen molar-refractivity contribution in [2.45, 2.75) is 0 Å². The van der Waals surface area contributed by atoms with Crippen molar-refractivity contribution in [1.82, 2.24) is 20.0 Å². The van der Waals surface area contributed by atoms with Gasteiger partial charge in [-0.1, -0.05) is 60.3 Å². The molecule has 5 nitrogen and oxygen atoms in total. The maximum absolute atomic E-state index is 4.69. The first-order chi connectivity index (χ1) is 14.3. The molecule has 1 N–H and O–H groups in total. The van der Waals surface area contributed by atoms with E-state index in [2.05, 4.69) is 50.8 Å². The van der Waals surface area contributed by atoms with Crippen molar-refractivity contribution < 1.29 is 0 Å². The van der Waals surface area contributed by atoms with Crippen molar-refractivity contribution >= 4 is 33.9 Å². The third-order valence-electron chi connectivity index (χ3n) is 4.59. The van der Waals surface area contributed by atoms with Gasteiger partial charge in [0.2, 0.25) is 0 Å². The number of aromatic nitrogens is 4. The molecule has 0 atom stereocenters. The van der Waals surface area contributed by atoms with E-state index in [0.717, 1.165) is 21.6 Å². The van der Waals surface area contributed by atoms with Crippen LogP contribution in [0.4, 0.5) is 5.82 Å². The van der Waals surface area contributed by atoms with Crippen LogP contribution >= 0.6 is 11.3 Å². The van der Waals surface area contributed by atoms with Crippen LogP contribution in [0.3, 0.4) is 0 Å². The smallest absolute Gasteiger partial charge is 0.158 e. The Labute approximate surface area is 172 Å². The fraction of sp³-hybridized carbons (Fsp3) is 0. The summed E-state index contributed by atoms with van der Waals surface area (Å²) in [4.78, 5) is 5.76. The van der Waals surface area contributed by atoms with Crippen LogP contribution in [0, 0.1) is 0 Å². The topological polar surface area (TPSA) is 55.6 Å². The van der Waals surface area contributed by atoms with Gasteiger partial charge in [0.15, 0.2) is 5.82 Å². The zero-order valence-corrected chi connectivity index (χ0v) is 16.3. The van der Waals surface area contributed by atoms with Crippen LogP contribution in [0.25, 0.3) is 33.7 Å². The third-order valence-corrected chi connectivity index (χ3v) is 5.58. The first-order valence-corrected chi connectivity index (χ1v) is 10.0. The lowest BCUT2D eigenvalue weighted by Gasteiger charge is -2.09. The minimum atomic E-state index is 0.702. The summed E-state index contributed by atoms with van der Waals surface area (Å²) < 4.78 is 1.74. The maximum atomic E-state index is 4.69. The number of thiophene rings is 1. The first kappa shape index (κ1) is 17.3. The van der Waals surface area contributed by atoms with E-state index >= 15 is 0 Å². The Kier molecular flexibility index (Phi) is 4.38. The van der Waals surface area contributed by atoms with Crippen LogP contribution in [0.15, 0.2) is 90.8 Å². The number of pyridine rings is 1. The normalized spacial score (nSPS) is 10.9. The standard InChI is InChI=1S/C23H17N5S/c1-16(21-14-18(15-29-21)17-8-3-2-4-9-17)24-22-12-7-13-23(25-22)28-20-11-6-5-10-19(20)26-27-28/h2-15H,1H2,(H,24,25). The molecular formula is C23H17N5S. The quantitative estimate of drug-likeness (QED) is 0.419. The highest BCUT2D eigenvalue weighted by atomic mass is 32.1. The lowest BCUT2D eigenvalue weighted by atomic mass is 10.1. The molecule has 140 valence electrons. The van der Waals surface area contributed by atoms with Crippen LogP contribution in [0.5, 0.6) is 0 Å². The monoisotopic (exact) mass is 395 g/mol. The van der Waals surface area contributed by atoms with Crippen molar-refractivity contribution in [1.29, 1.82) is 0 Å². The van der Waals surface area contributed by atoms with Gasteiger partial charge in [-0.15, -0.1) is 16.4 Å². The van der Waals surface area contributed by atoms with Crippen LogP contribution < -0.4 is 5.32 Å². The summed E-state index contributed by atoms with van der Waals surface area (Å²) in [6.07, 6.45) is 0. The molecule has 0 aliphatic rings. The zero-order valence-electron chi connectivity index (χ0n) is 15.5. The second-order valence-corrected chi connectivity index (χ2v) is 7.45. The van der Waals surface area contributed by atoms with Gasteiger partial charge in [-0.2, -0.15) is 4.68 Å². The first-order valence-electron chi connectivity index (χ1n) is 9.16. The van der Waals surface area contributed by atoms with E-state index < -0.39 is 0 Å². The van der Waals surface area contributed by atoms with E-state index in [-0.39, 0.29) is 0 Å². The summed E-state index contributed by atoms with van der Waals surface area (Å²) in [5.41, 5.74) is 4.95. The summed E-state index contributed by atoms with van der Waals surface area (Å²) in [7, 11) is 0. The van der Waals surface area contributed by atoms with Crippen LogP contribution in [0.2, 0.25) is 0 Å². The Balaban J connectivity index is 1.39. The van der Waals surface area contributed by atoms with Crippen molar-refractivity contribution in [2.75, 3.05) is 5.32 Å². The molecule has 0 aliphatic heterocycles. The van der Waals surface area contributed by atoms with E-state index in [1.54, 1.807) is 16.0 Å². The zero-order chi connectivity index (χ0) is 19.6. The number of hydrogen-bond acceptors (Lipinski definition) is 5. The second kappa shape index (κ2) is 7.33. The van der Waals surface area contributed by atoms with E-state index in [9.17, 15) is 0 Å². The Morgan fingerprint density at radius 1 is 0.897 bits per heavy atom. The van der Waals surface area contributed by atoms with Crippen LogP contribution in [0.1, 0.15) is 4.88 Å². The molecule has 0 saturated carbocycles. The number of rotatable bonds is 5. The molecule has 5 rings (SSSR count). The molecule has 0 unspecified atom stereocenters. The minimum absolute atomic E-state index is 0.702. The van der Waals surface area contributed by atoms with Gasteiger partial charge in [0.1, 0.15) is 11.3 Å². The van der Waals surface area contributed by atoms with E-state index in [0.29, 0.717) is 11.6 Å². The van der Waals surface area contributed by atoms with Gasteiger partial charge in [-0.3, -0.25) is 0 Å². The highest BCUT2D eigenvalue weighted by molar-refractivity contribution is 7.11. The molecule has 0 radical (unpaired) electrons.